The van der Waals surface area contributed by atoms with Gasteiger partial charge in [-0.3, -0.25) is 4.79 Å². The molecule has 1 aliphatic rings. The van der Waals surface area contributed by atoms with Gasteiger partial charge in [-0.25, -0.2) is 4.98 Å². The second-order valence-electron chi connectivity index (χ2n) is 6.67. The fourth-order valence-electron chi connectivity index (χ4n) is 2.43. The molecule has 0 unspecified atom stereocenters. The Bertz CT molecular complexity index is 699. The van der Waals surface area contributed by atoms with Crippen LogP contribution in [0.5, 0.6) is 5.75 Å². The molecule has 118 valence electrons. The predicted octanol–water partition coefficient (Wildman–Crippen LogP) is 2.66. The van der Waals surface area contributed by atoms with Crippen molar-refractivity contribution in [3.8, 4) is 5.75 Å². The van der Waals surface area contributed by atoms with Crippen molar-refractivity contribution in [1.29, 1.82) is 0 Å². The van der Waals surface area contributed by atoms with Crippen LogP contribution in [0.3, 0.4) is 0 Å². The Balaban J connectivity index is 1.66. The van der Waals surface area contributed by atoms with Crippen molar-refractivity contribution in [1.82, 2.24) is 10.3 Å². The topological polar surface area (TPSA) is 54.5 Å². The molecular weight excluding hydrogens is 298 g/mol. The van der Waals surface area contributed by atoms with Crippen LogP contribution in [0.25, 0.3) is 10.2 Å². The number of hydrogen-bond donors (Lipinski definition) is 1. The van der Waals surface area contributed by atoms with Crippen LogP contribution in [0.15, 0.2) is 18.2 Å². The number of benzene rings is 1. The maximum Gasteiger partial charge on any atom is 0.227 e. The first-order chi connectivity index (χ1) is 10.4. The Morgan fingerprint density at radius 3 is 2.77 bits per heavy atom. The minimum atomic E-state index is -0.177. The maximum absolute atomic E-state index is 12.1. The molecule has 0 spiro atoms. The first-order valence-corrected chi connectivity index (χ1v) is 8.19. The number of thiazole rings is 1. The van der Waals surface area contributed by atoms with E-state index in [2.05, 4.69) is 15.2 Å². The van der Waals surface area contributed by atoms with E-state index < -0.39 is 0 Å². The quantitative estimate of drug-likeness (QED) is 0.945. The van der Waals surface area contributed by atoms with E-state index in [1.807, 2.05) is 39.0 Å². The third-order valence-corrected chi connectivity index (χ3v) is 4.70. The van der Waals surface area contributed by atoms with Gasteiger partial charge in [0.2, 0.25) is 5.91 Å². The lowest BCUT2D eigenvalue weighted by atomic mass is 9.98. The molecule has 5 nitrogen and oxygen atoms in total. The summed E-state index contributed by atoms with van der Waals surface area (Å²) in [5.41, 5.74) is 0.770. The molecule has 3 rings (SSSR count). The number of rotatable bonds is 3. The summed E-state index contributed by atoms with van der Waals surface area (Å²) in [6, 6.07) is 5.91. The average molecular weight is 319 g/mol. The van der Waals surface area contributed by atoms with Gasteiger partial charge in [0.25, 0.3) is 0 Å². The minimum Gasteiger partial charge on any atom is -0.497 e. The van der Waals surface area contributed by atoms with Crippen molar-refractivity contribution in [2.24, 2.45) is 5.92 Å². The SMILES string of the molecule is COc1ccc2sc(N3CC(C(=O)NC(C)(C)C)C3)nc2c1. The van der Waals surface area contributed by atoms with Crippen LogP contribution in [0.1, 0.15) is 20.8 Å². The number of carbonyl (C=O) groups is 1. The van der Waals surface area contributed by atoms with Crippen molar-refractivity contribution in [2.45, 2.75) is 26.3 Å². The lowest BCUT2D eigenvalue weighted by Gasteiger charge is -2.39. The van der Waals surface area contributed by atoms with Gasteiger partial charge >= 0.3 is 0 Å². The molecule has 0 saturated carbocycles. The molecule has 1 N–H and O–H groups in total. The molecule has 1 aromatic heterocycles. The molecular formula is C16H21N3O2S. The molecule has 6 heteroatoms. The minimum absolute atomic E-state index is 0.0563. The summed E-state index contributed by atoms with van der Waals surface area (Å²) in [7, 11) is 1.66. The number of anilines is 1. The van der Waals surface area contributed by atoms with E-state index in [1.54, 1.807) is 18.4 Å². The second kappa shape index (κ2) is 5.43. The van der Waals surface area contributed by atoms with Crippen LogP contribution in [0.4, 0.5) is 5.13 Å². The molecule has 1 fully saturated rings. The number of hydrogen-bond acceptors (Lipinski definition) is 5. The molecule has 0 aliphatic carbocycles. The molecule has 1 amide bonds. The van der Waals surface area contributed by atoms with Gasteiger partial charge in [0.05, 0.1) is 23.2 Å². The fourth-order valence-corrected chi connectivity index (χ4v) is 3.39. The molecule has 1 aromatic carbocycles. The van der Waals surface area contributed by atoms with Crippen molar-refractivity contribution in [3.63, 3.8) is 0 Å². The summed E-state index contributed by atoms with van der Waals surface area (Å²) in [5.74, 6) is 1.00. The van der Waals surface area contributed by atoms with Crippen LogP contribution in [-0.2, 0) is 4.79 Å². The number of fused-ring (bicyclic) bond motifs is 1. The number of ether oxygens (including phenoxy) is 1. The number of nitrogens with one attached hydrogen (secondary N) is 1. The Morgan fingerprint density at radius 2 is 2.14 bits per heavy atom. The van der Waals surface area contributed by atoms with Gasteiger partial charge in [0, 0.05) is 24.7 Å². The number of nitrogens with zero attached hydrogens (tertiary/aromatic N) is 2. The zero-order chi connectivity index (χ0) is 15.9. The van der Waals surface area contributed by atoms with Crippen molar-refractivity contribution in [3.05, 3.63) is 18.2 Å². The Kier molecular flexibility index (Phi) is 3.72. The molecule has 0 radical (unpaired) electrons. The van der Waals surface area contributed by atoms with E-state index in [9.17, 15) is 4.79 Å². The van der Waals surface area contributed by atoms with Gasteiger partial charge in [-0.05, 0) is 32.9 Å². The van der Waals surface area contributed by atoms with Crippen molar-refractivity contribution < 1.29 is 9.53 Å². The highest BCUT2D eigenvalue weighted by molar-refractivity contribution is 7.22. The zero-order valence-electron chi connectivity index (χ0n) is 13.3. The second-order valence-corrected chi connectivity index (χ2v) is 7.68. The van der Waals surface area contributed by atoms with Crippen LogP contribution < -0.4 is 15.0 Å². The van der Waals surface area contributed by atoms with E-state index >= 15 is 0 Å². The summed E-state index contributed by atoms with van der Waals surface area (Å²) < 4.78 is 6.36. The van der Waals surface area contributed by atoms with Crippen LogP contribution in [-0.4, -0.2) is 36.6 Å². The third kappa shape index (κ3) is 3.02. The summed E-state index contributed by atoms with van der Waals surface area (Å²) in [4.78, 5) is 18.9. The highest BCUT2D eigenvalue weighted by atomic mass is 32.1. The number of methoxy groups -OCH3 is 1. The highest BCUT2D eigenvalue weighted by Gasteiger charge is 2.35. The van der Waals surface area contributed by atoms with E-state index in [0.29, 0.717) is 0 Å². The van der Waals surface area contributed by atoms with E-state index in [4.69, 9.17) is 4.74 Å². The van der Waals surface area contributed by atoms with Crippen LogP contribution in [0, 0.1) is 5.92 Å². The molecule has 0 atom stereocenters. The first kappa shape index (κ1) is 15.1. The Morgan fingerprint density at radius 1 is 1.41 bits per heavy atom. The van der Waals surface area contributed by atoms with E-state index in [0.717, 1.165) is 34.2 Å². The van der Waals surface area contributed by atoms with Gasteiger partial charge in [0.15, 0.2) is 5.13 Å². The normalized spacial score (nSPS) is 15.7. The number of amides is 1. The zero-order valence-corrected chi connectivity index (χ0v) is 14.2. The van der Waals surface area contributed by atoms with Crippen molar-refractivity contribution in [2.75, 3.05) is 25.1 Å². The summed E-state index contributed by atoms with van der Waals surface area (Å²) in [6.45, 7) is 7.48. The first-order valence-electron chi connectivity index (χ1n) is 7.37. The largest absolute Gasteiger partial charge is 0.497 e. The lowest BCUT2D eigenvalue weighted by molar-refractivity contribution is -0.127. The van der Waals surface area contributed by atoms with Gasteiger partial charge in [-0.1, -0.05) is 11.3 Å². The molecule has 2 heterocycles. The van der Waals surface area contributed by atoms with E-state index in [-0.39, 0.29) is 17.4 Å². The third-order valence-electron chi connectivity index (χ3n) is 3.60. The predicted molar refractivity (Wildman–Crippen MR) is 89.8 cm³/mol. The average Bonchev–Trinajstić information content (AvgIpc) is 2.76. The fraction of sp³-hybridized carbons (Fsp3) is 0.500. The molecule has 2 aromatic rings. The van der Waals surface area contributed by atoms with Gasteiger partial charge in [0.1, 0.15) is 5.75 Å². The van der Waals surface area contributed by atoms with E-state index in [1.165, 1.54) is 0 Å². The van der Waals surface area contributed by atoms with Gasteiger partial charge < -0.3 is 15.0 Å². The number of aromatic nitrogens is 1. The Labute approximate surface area is 134 Å². The van der Waals surface area contributed by atoms with Crippen LogP contribution >= 0.6 is 11.3 Å². The van der Waals surface area contributed by atoms with Gasteiger partial charge in [-0.2, -0.15) is 0 Å². The van der Waals surface area contributed by atoms with Crippen LogP contribution in [0.2, 0.25) is 0 Å². The summed E-state index contributed by atoms with van der Waals surface area (Å²) in [6.07, 6.45) is 0. The highest BCUT2D eigenvalue weighted by Crippen LogP contribution is 2.34. The van der Waals surface area contributed by atoms with Crippen molar-refractivity contribution >= 4 is 32.6 Å². The Hall–Kier alpha value is -1.82. The molecule has 1 aliphatic heterocycles. The molecule has 22 heavy (non-hydrogen) atoms. The summed E-state index contributed by atoms with van der Waals surface area (Å²) >= 11 is 1.65. The standard InChI is InChI=1S/C16H21N3O2S/c1-16(2,3)18-14(20)10-8-19(9-10)15-17-12-7-11(21-4)5-6-13(12)22-15/h5-7,10H,8-9H2,1-4H3,(H,18,20). The monoisotopic (exact) mass is 319 g/mol. The maximum atomic E-state index is 12.1. The van der Waals surface area contributed by atoms with Gasteiger partial charge in [-0.15, -0.1) is 0 Å². The summed E-state index contributed by atoms with van der Waals surface area (Å²) in [5, 5.41) is 4.01. The number of carbonyl (C=O) groups excluding carboxylic acids is 1. The molecule has 0 bridgehead atoms. The molecule has 1 saturated heterocycles. The smallest absolute Gasteiger partial charge is 0.227 e. The lowest BCUT2D eigenvalue weighted by Crippen LogP contribution is -2.56.